The molecule has 0 aromatic heterocycles. The first kappa shape index (κ1) is 22.2. The molecule has 142 valence electrons. The van der Waals surface area contributed by atoms with E-state index < -0.39 is 0 Å². The molecule has 1 aromatic rings. The third-order valence-corrected chi connectivity index (χ3v) is 4.44. The lowest BCUT2D eigenvalue weighted by Gasteiger charge is -2.35. The van der Waals surface area contributed by atoms with Gasteiger partial charge in [0.1, 0.15) is 0 Å². The molecular weight excluding hydrogens is 427 g/mol. The van der Waals surface area contributed by atoms with Crippen molar-refractivity contribution >= 4 is 29.9 Å². The highest BCUT2D eigenvalue weighted by molar-refractivity contribution is 14.0. The maximum atomic E-state index is 6.02. The van der Waals surface area contributed by atoms with Gasteiger partial charge in [-0.1, -0.05) is 24.3 Å². The van der Waals surface area contributed by atoms with Gasteiger partial charge in [0.25, 0.3) is 0 Å². The van der Waals surface area contributed by atoms with Crippen molar-refractivity contribution in [3.05, 3.63) is 35.4 Å². The van der Waals surface area contributed by atoms with Gasteiger partial charge >= 0.3 is 0 Å². The second kappa shape index (κ2) is 11.0. The summed E-state index contributed by atoms with van der Waals surface area (Å²) in [6, 6.07) is 8.70. The molecule has 1 heterocycles. The van der Waals surface area contributed by atoms with E-state index in [0.29, 0.717) is 24.7 Å². The number of nitrogens with zero attached hydrogens (tertiary/aromatic N) is 3. The van der Waals surface area contributed by atoms with E-state index in [1.165, 1.54) is 11.1 Å². The molecule has 2 atom stereocenters. The van der Waals surface area contributed by atoms with Crippen LogP contribution in [0.4, 0.5) is 0 Å². The minimum atomic E-state index is 0. The number of morpholine rings is 1. The molecule has 0 spiro atoms. The summed E-state index contributed by atoms with van der Waals surface area (Å²) in [6.45, 7) is 13.9. The van der Waals surface area contributed by atoms with Gasteiger partial charge in [0.2, 0.25) is 0 Å². The highest BCUT2D eigenvalue weighted by Crippen LogP contribution is 2.15. The number of aliphatic imine (C=N–C) groups is 1. The molecule has 1 saturated heterocycles. The van der Waals surface area contributed by atoms with Crippen molar-refractivity contribution in [3.8, 4) is 0 Å². The van der Waals surface area contributed by atoms with Crippen LogP contribution >= 0.6 is 24.0 Å². The number of hydrogen-bond donors (Lipinski definition) is 1. The first-order valence-corrected chi connectivity index (χ1v) is 9.02. The number of hydrogen-bond acceptors (Lipinski definition) is 3. The minimum Gasteiger partial charge on any atom is -0.373 e. The lowest BCUT2D eigenvalue weighted by molar-refractivity contribution is -0.0704. The third kappa shape index (κ3) is 7.11. The summed E-state index contributed by atoms with van der Waals surface area (Å²) in [6.07, 6.45) is 0.621. The summed E-state index contributed by atoms with van der Waals surface area (Å²) in [5.74, 6) is 0.625. The highest BCUT2D eigenvalue weighted by atomic mass is 127. The van der Waals surface area contributed by atoms with E-state index in [9.17, 15) is 0 Å². The molecule has 6 heteroatoms. The summed E-state index contributed by atoms with van der Waals surface area (Å²) < 4.78 is 5.79. The number of ether oxygens (including phenoxy) is 1. The van der Waals surface area contributed by atoms with Crippen molar-refractivity contribution in [2.75, 3.05) is 26.2 Å². The lowest BCUT2D eigenvalue weighted by atomic mass is 10.1. The first-order chi connectivity index (χ1) is 11.5. The molecular formula is C19H33IN4O. The zero-order valence-corrected chi connectivity index (χ0v) is 18.3. The number of halogens is 1. The summed E-state index contributed by atoms with van der Waals surface area (Å²) in [4.78, 5) is 9.02. The van der Waals surface area contributed by atoms with E-state index in [1.54, 1.807) is 0 Å². The summed E-state index contributed by atoms with van der Waals surface area (Å²) in [5, 5.41) is 0. The third-order valence-electron chi connectivity index (χ3n) is 4.44. The minimum absolute atomic E-state index is 0. The first-order valence-electron chi connectivity index (χ1n) is 9.02. The Hall–Kier alpha value is -0.860. The molecule has 2 N–H and O–H groups in total. The van der Waals surface area contributed by atoms with Gasteiger partial charge in [0, 0.05) is 32.7 Å². The van der Waals surface area contributed by atoms with E-state index in [-0.39, 0.29) is 24.0 Å². The van der Waals surface area contributed by atoms with Gasteiger partial charge in [-0.2, -0.15) is 0 Å². The van der Waals surface area contributed by atoms with Crippen LogP contribution in [0.1, 0.15) is 38.8 Å². The Labute approximate surface area is 169 Å². The van der Waals surface area contributed by atoms with Gasteiger partial charge in [-0.25, -0.2) is 4.99 Å². The molecule has 1 aliphatic rings. The van der Waals surface area contributed by atoms with Gasteiger partial charge in [0.15, 0.2) is 5.96 Å². The average Bonchev–Trinajstić information content (AvgIpc) is 2.54. The SMILES string of the molecule is CCN(CC)C(N)=NCc1ccc(CN2CC(C)OC(C)C2)cc1.I. The molecule has 1 fully saturated rings. The predicted molar refractivity (Wildman–Crippen MR) is 115 cm³/mol. The van der Waals surface area contributed by atoms with Crippen LogP contribution in [0.15, 0.2) is 29.3 Å². The van der Waals surface area contributed by atoms with Crippen LogP contribution in [0.25, 0.3) is 0 Å². The molecule has 0 radical (unpaired) electrons. The summed E-state index contributed by atoms with van der Waals surface area (Å²) in [5.41, 5.74) is 8.55. The van der Waals surface area contributed by atoms with E-state index >= 15 is 0 Å². The number of nitrogens with two attached hydrogens (primary N) is 1. The quantitative estimate of drug-likeness (QED) is 0.403. The fourth-order valence-corrected chi connectivity index (χ4v) is 3.24. The highest BCUT2D eigenvalue weighted by Gasteiger charge is 2.21. The molecule has 25 heavy (non-hydrogen) atoms. The number of rotatable bonds is 6. The Morgan fingerprint density at radius 3 is 2.16 bits per heavy atom. The van der Waals surface area contributed by atoms with Crippen LogP contribution in [-0.4, -0.2) is 54.1 Å². The maximum absolute atomic E-state index is 6.02. The van der Waals surface area contributed by atoms with Crippen LogP contribution in [0.5, 0.6) is 0 Å². The monoisotopic (exact) mass is 460 g/mol. The van der Waals surface area contributed by atoms with Gasteiger partial charge < -0.3 is 15.4 Å². The molecule has 1 aromatic carbocycles. The maximum Gasteiger partial charge on any atom is 0.191 e. The molecule has 2 unspecified atom stereocenters. The van der Waals surface area contributed by atoms with Crippen molar-refractivity contribution in [1.82, 2.24) is 9.80 Å². The fourth-order valence-electron chi connectivity index (χ4n) is 3.24. The second-order valence-electron chi connectivity index (χ2n) is 6.61. The molecule has 2 rings (SSSR count). The largest absolute Gasteiger partial charge is 0.373 e. The van der Waals surface area contributed by atoms with Crippen LogP contribution in [0, 0.1) is 0 Å². The fraction of sp³-hybridized carbons (Fsp3) is 0.632. The van der Waals surface area contributed by atoms with E-state index in [2.05, 4.69) is 66.8 Å². The molecule has 0 saturated carbocycles. The normalized spacial score (nSPS) is 21.7. The Bertz CT molecular complexity index is 521. The van der Waals surface area contributed by atoms with Gasteiger partial charge in [-0.3, -0.25) is 4.90 Å². The van der Waals surface area contributed by atoms with Crippen LogP contribution in [0.3, 0.4) is 0 Å². The molecule has 0 aliphatic carbocycles. The van der Waals surface area contributed by atoms with E-state index in [1.807, 2.05) is 0 Å². The summed E-state index contributed by atoms with van der Waals surface area (Å²) >= 11 is 0. The van der Waals surface area contributed by atoms with Crippen LogP contribution in [0.2, 0.25) is 0 Å². The zero-order chi connectivity index (χ0) is 17.5. The molecule has 0 amide bonds. The van der Waals surface area contributed by atoms with E-state index in [4.69, 9.17) is 10.5 Å². The van der Waals surface area contributed by atoms with Gasteiger partial charge in [-0.05, 0) is 38.8 Å². The molecule has 5 nitrogen and oxygen atoms in total. The molecule has 0 bridgehead atoms. The lowest BCUT2D eigenvalue weighted by Crippen LogP contribution is -2.44. The smallest absolute Gasteiger partial charge is 0.191 e. The number of guanidine groups is 1. The predicted octanol–water partition coefficient (Wildman–Crippen LogP) is 3.07. The summed E-state index contributed by atoms with van der Waals surface area (Å²) in [7, 11) is 0. The van der Waals surface area contributed by atoms with Crippen molar-refractivity contribution in [3.63, 3.8) is 0 Å². The number of benzene rings is 1. The van der Waals surface area contributed by atoms with Crippen molar-refractivity contribution in [2.45, 2.75) is 53.0 Å². The topological polar surface area (TPSA) is 54.1 Å². The van der Waals surface area contributed by atoms with Crippen LogP contribution in [-0.2, 0) is 17.8 Å². The Kier molecular flexibility index (Phi) is 9.74. The van der Waals surface area contributed by atoms with Crippen molar-refractivity contribution in [1.29, 1.82) is 0 Å². The Morgan fingerprint density at radius 1 is 1.12 bits per heavy atom. The van der Waals surface area contributed by atoms with Gasteiger partial charge in [-0.15, -0.1) is 24.0 Å². The molecule has 1 aliphatic heterocycles. The zero-order valence-electron chi connectivity index (χ0n) is 15.9. The second-order valence-corrected chi connectivity index (χ2v) is 6.61. The van der Waals surface area contributed by atoms with Gasteiger partial charge in [0.05, 0.1) is 18.8 Å². The average molecular weight is 460 g/mol. The van der Waals surface area contributed by atoms with E-state index in [0.717, 1.165) is 32.7 Å². The Balaban J connectivity index is 0.00000312. The van der Waals surface area contributed by atoms with Crippen molar-refractivity contribution < 1.29 is 4.74 Å². The Morgan fingerprint density at radius 2 is 1.64 bits per heavy atom. The van der Waals surface area contributed by atoms with Crippen LogP contribution < -0.4 is 5.73 Å². The van der Waals surface area contributed by atoms with Crippen molar-refractivity contribution in [2.24, 2.45) is 10.7 Å². The standard InChI is InChI=1S/C19H32N4O.HI/c1-5-23(6-2)19(20)21-11-17-7-9-18(10-8-17)14-22-12-15(3)24-16(4)13-22;/h7-10,15-16H,5-6,11-14H2,1-4H3,(H2,20,21);1H.